The zero-order chi connectivity index (χ0) is 24.1. The average Bonchev–Trinajstić information content (AvgIpc) is 3.09. The average molecular weight is 493 g/mol. The van der Waals surface area contributed by atoms with Gasteiger partial charge in [0.2, 0.25) is 0 Å². The molecule has 172 valence electrons. The molecule has 0 spiro atoms. The third-order valence-electron chi connectivity index (χ3n) is 5.09. The number of imide groups is 1. The first kappa shape index (κ1) is 23.6. The van der Waals surface area contributed by atoms with Crippen molar-refractivity contribution in [2.75, 3.05) is 11.9 Å². The monoisotopic (exact) mass is 492 g/mol. The maximum absolute atomic E-state index is 12.7. The molecule has 1 aliphatic rings. The molecule has 0 aliphatic carbocycles. The summed E-state index contributed by atoms with van der Waals surface area (Å²) in [4.78, 5) is 38.8. The van der Waals surface area contributed by atoms with E-state index in [1.54, 1.807) is 54.6 Å². The molecule has 1 aliphatic heterocycles. The number of carbonyl (C=O) groups is 3. The first-order valence-corrected chi connectivity index (χ1v) is 11.7. The van der Waals surface area contributed by atoms with Crippen LogP contribution in [0.1, 0.15) is 16.7 Å². The molecule has 1 fully saturated rings. The Morgan fingerprint density at radius 3 is 2.44 bits per heavy atom. The third kappa shape index (κ3) is 5.87. The number of para-hydroxylation sites is 1. The molecule has 0 unspecified atom stereocenters. The number of nitrogens with zero attached hydrogens (tertiary/aromatic N) is 1. The molecule has 0 saturated carbocycles. The van der Waals surface area contributed by atoms with E-state index in [1.807, 2.05) is 31.2 Å². The Bertz CT molecular complexity index is 1260. The zero-order valence-corrected chi connectivity index (χ0v) is 19.9. The summed E-state index contributed by atoms with van der Waals surface area (Å²) in [7, 11) is 0. The number of hydrogen-bond acceptors (Lipinski definition) is 5. The quantitative estimate of drug-likeness (QED) is 0.415. The Kier molecular flexibility index (Phi) is 7.35. The first-order valence-electron chi connectivity index (χ1n) is 10.5. The molecule has 1 heterocycles. The van der Waals surface area contributed by atoms with Gasteiger partial charge in [0.1, 0.15) is 5.75 Å². The third-order valence-corrected chi connectivity index (χ3v) is 6.25. The van der Waals surface area contributed by atoms with Gasteiger partial charge in [-0.2, -0.15) is 0 Å². The maximum Gasteiger partial charge on any atom is 0.293 e. The Labute approximate surface area is 206 Å². The second-order valence-electron chi connectivity index (χ2n) is 7.62. The summed E-state index contributed by atoms with van der Waals surface area (Å²) in [6.45, 7) is 1.98. The van der Waals surface area contributed by atoms with Gasteiger partial charge in [-0.15, -0.1) is 0 Å². The van der Waals surface area contributed by atoms with Crippen molar-refractivity contribution in [1.82, 2.24) is 4.90 Å². The minimum atomic E-state index is -0.335. The van der Waals surface area contributed by atoms with Gasteiger partial charge in [-0.05, 0) is 71.8 Å². The number of aryl methyl sites for hydroxylation is 1. The van der Waals surface area contributed by atoms with Crippen LogP contribution in [0.4, 0.5) is 10.5 Å². The van der Waals surface area contributed by atoms with Crippen LogP contribution in [0.3, 0.4) is 0 Å². The molecule has 6 nitrogen and oxygen atoms in total. The van der Waals surface area contributed by atoms with Crippen molar-refractivity contribution < 1.29 is 19.1 Å². The number of thioether (sulfide) groups is 1. The Balaban J connectivity index is 1.34. The topological polar surface area (TPSA) is 75.7 Å². The Morgan fingerprint density at radius 1 is 1.03 bits per heavy atom. The minimum Gasteiger partial charge on any atom is -0.484 e. The number of benzene rings is 3. The zero-order valence-electron chi connectivity index (χ0n) is 18.3. The number of amides is 3. The maximum atomic E-state index is 12.7. The molecular weight excluding hydrogens is 472 g/mol. The molecule has 4 rings (SSSR count). The van der Waals surface area contributed by atoms with E-state index < -0.39 is 0 Å². The molecule has 8 heteroatoms. The first-order chi connectivity index (χ1) is 16.4. The van der Waals surface area contributed by atoms with E-state index in [2.05, 4.69) is 5.32 Å². The van der Waals surface area contributed by atoms with Crippen molar-refractivity contribution in [3.05, 3.63) is 99.4 Å². The summed E-state index contributed by atoms with van der Waals surface area (Å²) in [6, 6.07) is 21.5. The summed E-state index contributed by atoms with van der Waals surface area (Å²) in [6.07, 6.45) is 1.67. The molecule has 3 amide bonds. The van der Waals surface area contributed by atoms with E-state index in [9.17, 15) is 14.4 Å². The molecule has 1 saturated heterocycles. The van der Waals surface area contributed by atoms with Crippen LogP contribution in [-0.2, 0) is 16.1 Å². The van der Waals surface area contributed by atoms with Gasteiger partial charge in [-0.25, -0.2) is 0 Å². The molecule has 0 bridgehead atoms. The van der Waals surface area contributed by atoms with Crippen molar-refractivity contribution in [2.45, 2.75) is 13.5 Å². The fourth-order valence-electron chi connectivity index (χ4n) is 3.27. The second kappa shape index (κ2) is 10.6. The highest BCUT2D eigenvalue weighted by Gasteiger charge is 2.34. The molecule has 3 aromatic carbocycles. The second-order valence-corrected chi connectivity index (χ2v) is 9.04. The SMILES string of the molecule is Cc1ccccc1NC(=O)COc1ccc(/C=C2\SC(=O)N(Cc3ccc(Cl)cc3)C2=O)cc1. The van der Waals surface area contributed by atoms with E-state index in [1.165, 1.54) is 4.90 Å². The van der Waals surface area contributed by atoms with Gasteiger partial charge in [-0.1, -0.05) is 54.1 Å². The summed E-state index contributed by atoms with van der Waals surface area (Å²) >= 11 is 6.80. The van der Waals surface area contributed by atoms with Crippen molar-refractivity contribution in [3.63, 3.8) is 0 Å². The highest BCUT2D eigenvalue weighted by molar-refractivity contribution is 8.18. The fraction of sp³-hybridized carbons (Fsp3) is 0.115. The molecule has 34 heavy (non-hydrogen) atoms. The standard InChI is InChI=1S/C26H21ClN2O4S/c1-17-4-2-3-5-22(17)28-24(30)16-33-21-12-8-18(9-13-21)14-23-25(31)29(26(32)34-23)15-19-6-10-20(27)11-7-19/h2-14H,15-16H2,1H3,(H,28,30)/b23-14-. The summed E-state index contributed by atoms with van der Waals surface area (Å²) in [5.41, 5.74) is 3.28. The van der Waals surface area contributed by atoms with Crippen LogP contribution in [0.15, 0.2) is 77.7 Å². The highest BCUT2D eigenvalue weighted by Crippen LogP contribution is 2.33. The Morgan fingerprint density at radius 2 is 1.74 bits per heavy atom. The summed E-state index contributed by atoms with van der Waals surface area (Å²) in [5, 5.41) is 3.10. The van der Waals surface area contributed by atoms with E-state index in [0.29, 0.717) is 15.7 Å². The van der Waals surface area contributed by atoms with Crippen molar-refractivity contribution in [3.8, 4) is 5.75 Å². The van der Waals surface area contributed by atoms with Crippen LogP contribution < -0.4 is 10.1 Å². The van der Waals surface area contributed by atoms with Crippen LogP contribution in [0, 0.1) is 6.92 Å². The summed E-state index contributed by atoms with van der Waals surface area (Å²) in [5.74, 6) is -0.0705. The fourth-order valence-corrected chi connectivity index (χ4v) is 4.23. The number of halogens is 1. The smallest absolute Gasteiger partial charge is 0.293 e. The molecule has 0 radical (unpaired) electrons. The lowest BCUT2D eigenvalue weighted by atomic mass is 10.2. The van der Waals surface area contributed by atoms with Gasteiger partial charge in [0, 0.05) is 10.7 Å². The molecule has 3 aromatic rings. The van der Waals surface area contributed by atoms with E-state index in [4.69, 9.17) is 16.3 Å². The minimum absolute atomic E-state index is 0.128. The van der Waals surface area contributed by atoms with Crippen molar-refractivity contribution in [1.29, 1.82) is 0 Å². The normalized spacial score (nSPS) is 14.5. The molecule has 1 N–H and O–H groups in total. The van der Waals surface area contributed by atoms with Crippen molar-refractivity contribution in [2.24, 2.45) is 0 Å². The highest BCUT2D eigenvalue weighted by atomic mass is 35.5. The van der Waals surface area contributed by atoms with Gasteiger partial charge in [0.15, 0.2) is 6.61 Å². The lowest BCUT2D eigenvalue weighted by Gasteiger charge is -2.12. The number of nitrogens with one attached hydrogen (secondary N) is 1. The van der Waals surface area contributed by atoms with Crippen LogP contribution in [0.5, 0.6) is 5.75 Å². The Hall–Kier alpha value is -3.55. The van der Waals surface area contributed by atoms with Gasteiger partial charge >= 0.3 is 0 Å². The molecule has 0 atom stereocenters. The van der Waals surface area contributed by atoms with Gasteiger partial charge in [0.25, 0.3) is 17.1 Å². The number of ether oxygens (including phenoxy) is 1. The van der Waals surface area contributed by atoms with Crippen LogP contribution in [-0.4, -0.2) is 28.6 Å². The van der Waals surface area contributed by atoms with Crippen LogP contribution in [0.25, 0.3) is 6.08 Å². The van der Waals surface area contributed by atoms with Crippen LogP contribution >= 0.6 is 23.4 Å². The molecular formula is C26H21ClN2O4S. The lowest BCUT2D eigenvalue weighted by molar-refractivity contribution is -0.123. The van der Waals surface area contributed by atoms with Gasteiger partial charge < -0.3 is 10.1 Å². The summed E-state index contributed by atoms with van der Waals surface area (Å²) < 4.78 is 5.56. The van der Waals surface area contributed by atoms with E-state index in [-0.39, 0.29) is 30.2 Å². The predicted octanol–water partition coefficient (Wildman–Crippen LogP) is 5.90. The largest absolute Gasteiger partial charge is 0.484 e. The van der Waals surface area contributed by atoms with E-state index >= 15 is 0 Å². The predicted molar refractivity (Wildman–Crippen MR) is 135 cm³/mol. The molecule has 0 aromatic heterocycles. The van der Waals surface area contributed by atoms with Gasteiger partial charge in [-0.3, -0.25) is 19.3 Å². The number of hydrogen-bond donors (Lipinski definition) is 1. The number of rotatable bonds is 7. The number of carbonyl (C=O) groups excluding carboxylic acids is 3. The van der Waals surface area contributed by atoms with Gasteiger partial charge in [0.05, 0.1) is 11.4 Å². The lowest BCUT2D eigenvalue weighted by Crippen LogP contribution is -2.27. The van der Waals surface area contributed by atoms with Crippen LogP contribution in [0.2, 0.25) is 5.02 Å². The number of anilines is 1. The van der Waals surface area contributed by atoms with Crippen molar-refractivity contribution >= 4 is 52.2 Å². The van der Waals surface area contributed by atoms with E-state index in [0.717, 1.165) is 34.1 Å².